The molecule has 0 spiro atoms. The van der Waals surface area contributed by atoms with Gasteiger partial charge in [0.2, 0.25) is 11.9 Å². The zero-order valence-corrected chi connectivity index (χ0v) is 25.1. The number of amides is 1. The summed E-state index contributed by atoms with van der Waals surface area (Å²) in [6.45, 7) is 6.89. The number of ether oxygens (including phenoxy) is 1. The van der Waals surface area contributed by atoms with Gasteiger partial charge in [-0.25, -0.2) is 19.5 Å². The Morgan fingerprint density at radius 3 is 2.47 bits per heavy atom. The third kappa shape index (κ3) is 8.13. The summed E-state index contributed by atoms with van der Waals surface area (Å²) in [7, 11) is 0. The maximum Gasteiger partial charge on any atom is 0.264 e. The molecule has 0 aliphatic heterocycles. The molecule has 0 saturated heterocycles. The SMILES string of the molecule is CCCCc1nc(C)n(-c2ncc(OCCCCC(=O)NCC)cn2)c(=O)c1Cc1ccc(-c2ccccc2C#N)cc1. The molecule has 4 rings (SSSR count). The number of nitrogens with zero attached hydrogens (tertiary/aromatic N) is 5. The summed E-state index contributed by atoms with van der Waals surface area (Å²) >= 11 is 0. The Hall–Kier alpha value is -4.84. The zero-order chi connectivity index (χ0) is 30.6. The number of unbranched alkanes of at least 4 members (excludes halogenated alkanes) is 2. The first-order chi connectivity index (χ1) is 20.9. The van der Waals surface area contributed by atoms with E-state index >= 15 is 0 Å². The molecule has 0 bridgehead atoms. The molecule has 4 aromatic rings. The van der Waals surface area contributed by atoms with E-state index in [1.54, 1.807) is 25.4 Å². The van der Waals surface area contributed by atoms with E-state index in [1.807, 2.05) is 49.4 Å². The van der Waals surface area contributed by atoms with E-state index < -0.39 is 0 Å². The average Bonchev–Trinajstić information content (AvgIpc) is 3.02. The van der Waals surface area contributed by atoms with Crippen LogP contribution in [0.3, 0.4) is 0 Å². The van der Waals surface area contributed by atoms with E-state index in [0.29, 0.717) is 55.1 Å². The molecular formula is C34H38N6O3. The Morgan fingerprint density at radius 2 is 1.77 bits per heavy atom. The van der Waals surface area contributed by atoms with Crippen LogP contribution in [-0.4, -0.2) is 38.6 Å². The molecule has 0 aliphatic carbocycles. The molecular weight excluding hydrogens is 540 g/mol. The van der Waals surface area contributed by atoms with Gasteiger partial charge < -0.3 is 10.1 Å². The van der Waals surface area contributed by atoms with Crippen molar-refractivity contribution in [2.24, 2.45) is 0 Å². The molecule has 0 saturated carbocycles. The lowest BCUT2D eigenvalue weighted by Crippen LogP contribution is -2.29. The van der Waals surface area contributed by atoms with Gasteiger partial charge >= 0.3 is 0 Å². The summed E-state index contributed by atoms with van der Waals surface area (Å²) in [4.78, 5) is 39.2. The van der Waals surface area contributed by atoms with Crippen LogP contribution in [0, 0.1) is 18.3 Å². The van der Waals surface area contributed by atoms with Crippen LogP contribution in [0.25, 0.3) is 17.1 Å². The van der Waals surface area contributed by atoms with Crippen LogP contribution in [0.5, 0.6) is 5.75 Å². The van der Waals surface area contributed by atoms with Crippen molar-refractivity contribution >= 4 is 5.91 Å². The molecule has 2 aromatic heterocycles. The minimum absolute atomic E-state index is 0.0445. The van der Waals surface area contributed by atoms with E-state index in [1.165, 1.54) is 4.57 Å². The number of rotatable bonds is 14. The molecule has 9 nitrogen and oxygen atoms in total. The average molecular weight is 579 g/mol. The van der Waals surface area contributed by atoms with Crippen LogP contribution in [0.15, 0.2) is 65.7 Å². The smallest absolute Gasteiger partial charge is 0.264 e. The quantitative estimate of drug-likeness (QED) is 0.196. The first-order valence-corrected chi connectivity index (χ1v) is 14.9. The van der Waals surface area contributed by atoms with Crippen molar-refractivity contribution in [1.29, 1.82) is 5.26 Å². The Kier molecular flexibility index (Phi) is 11.1. The first-order valence-electron chi connectivity index (χ1n) is 14.9. The second kappa shape index (κ2) is 15.4. The Balaban J connectivity index is 1.53. The molecule has 1 N–H and O–H groups in total. The van der Waals surface area contributed by atoms with Gasteiger partial charge in [0.25, 0.3) is 5.56 Å². The van der Waals surface area contributed by atoms with Crippen molar-refractivity contribution in [3.05, 3.63) is 99.5 Å². The van der Waals surface area contributed by atoms with Crippen LogP contribution >= 0.6 is 0 Å². The van der Waals surface area contributed by atoms with Gasteiger partial charge in [-0.1, -0.05) is 55.8 Å². The lowest BCUT2D eigenvalue weighted by Gasteiger charge is -2.15. The fourth-order valence-electron chi connectivity index (χ4n) is 4.88. The molecule has 0 radical (unpaired) electrons. The third-order valence-corrected chi connectivity index (χ3v) is 7.15. The normalized spacial score (nSPS) is 10.7. The minimum Gasteiger partial charge on any atom is -0.490 e. The standard InChI is InChI=1S/C34H38N6O3/c1-4-6-13-31-30(20-25-15-17-26(18-16-25)29-12-8-7-11-27(29)21-35)33(42)40(24(3)39-31)34-37-22-28(23-38-34)43-19-10-9-14-32(41)36-5-2/h7-8,11-12,15-18,22-23H,4-6,9-10,13-14,19-20H2,1-3H3,(H,36,41). The highest BCUT2D eigenvalue weighted by molar-refractivity contribution is 5.75. The summed E-state index contributed by atoms with van der Waals surface area (Å²) in [5, 5.41) is 12.3. The predicted molar refractivity (Wildman–Crippen MR) is 166 cm³/mol. The number of aryl methyl sites for hydroxylation is 2. The van der Waals surface area contributed by atoms with Gasteiger partial charge in [-0.3, -0.25) is 9.59 Å². The molecule has 0 unspecified atom stereocenters. The Bertz CT molecular complexity index is 1620. The van der Waals surface area contributed by atoms with Crippen LogP contribution in [0.1, 0.15) is 74.2 Å². The number of carbonyl (C=O) groups is 1. The van der Waals surface area contributed by atoms with Crippen molar-refractivity contribution in [3.8, 4) is 28.9 Å². The second-order valence-electron chi connectivity index (χ2n) is 10.3. The summed E-state index contributed by atoms with van der Waals surface area (Å²) in [6.07, 6.45) is 8.10. The predicted octanol–water partition coefficient (Wildman–Crippen LogP) is 5.49. The van der Waals surface area contributed by atoms with Gasteiger partial charge in [0.1, 0.15) is 5.82 Å². The zero-order valence-electron chi connectivity index (χ0n) is 25.1. The number of aromatic nitrogens is 4. The number of hydrogen-bond donors (Lipinski definition) is 1. The van der Waals surface area contributed by atoms with Crippen molar-refractivity contribution in [3.63, 3.8) is 0 Å². The van der Waals surface area contributed by atoms with E-state index in [-0.39, 0.29) is 17.4 Å². The molecule has 2 heterocycles. The van der Waals surface area contributed by atoms with E-state index in [0.717, 1.165) is 48.1 Å². The monoisotopic (exact) mass is 578 g/mol. The topological polar surface area (TPSA) is 123 Å². The highest BCUT2D eigenvalue weighted by atomic mass is 16.5. The maximum absolute atomic E-state index is 13.9. The van der Waals surface area contributed by atoms with Crippen LogP contribution in [0.2, 0.25) is 0 Å². The van der Waals surface area contributed by atoms with Gasteiger partial charge in [-0.2, -0.15) is 5.26 Å². The number of nitriles is 1. The fourth-order valence-corrected chi connectivity index (χ4v) is 4.88. The fraction of sp³-hybridized carbons (Fsp3) is 0.353. The van der Waals surface area contributed by atoms with Gasteiger partial charge in [-0.15, -0.1) is 0 Å². The van der Waals surface area contributed by atoms with Gasteiger partial charge in [0, 0.05) is 24.9 Å². The van der Waals surface area contributed by atoms with E-state index in [4.69, 9.17) is 9.72 Å². The summed E-state index contributed by atoms with van der Waals surface area (Å²) in [5.41, 5.74) is 4.66. The Labute approximate surface area is 252 Å². The molecule has 9 heteroatoms. The third-order valence-electron chi connectivity index (χ3n) is 7.15. The van der Waals surface area contributed by atoms with Gasteiger partial charge in [0.05, 0.1) is 36.3 Å². The van der Waals surface area contributed by atoms with Gasteiger partial charge in [-0.05, 0) is 62.3 Å². The summed E-state index contributed by atoms with van der Waals surface area (Å²) in [5.74, 6) is 1.31. The maximum atomic E-state index is 13.9. The van der Waals surface area contributed by atoms with Crippen LogP contribution in [-0.2, 0) is 17.6 Å². The molecule has 1 amide bonds. The summed E-state index contributed by atoms with van der Waals surface area (Å²) < 4.78 is 7.20. The number of hydrogen-bond acceptors (Lipinski definition) is 7. The molecule has 43 heavy (non-hydrogen) atoms. The molecule has 222 valence electrons. The van der Waals surface area contributed by atoms with Crippen molar-refractivity contribution in [1.82, 2.24) is 24.8 Å². The first kappa shape index (κ1) is 31.1. The van der Waals surface area contributed by atoms with Gasteiger partial charge in [0.15, 0.2) is 5.75 Å². The molecule has 0 aliphatic rings. The van der Waals surface area contributed by atoms with Crippen LogP contribution < -0.4 is 15.6 Å². The summed E-state index contributed by atoms with van der Waals surface area (Å²) in [6, 6.07) is 17.7. The molecule has 0 fully saturated rings. The van der Waals surface area contributed by atoms with E-state index in [2.05, 4.69) is 28.3 Å². The number of benzene rings is 2. The number of nitrogens with one attached hydrogen (secondary N) is 1. The minimum atomic E-state index is -0.184. The second-order valence-corrected chi connectivity index (χ2v) is 10.3. The van der Waals surface area contributed by atoms with Crippen LogP contribution in [0.4, 0.5) is 0 Å². The largest absolute Gasteiger partial charge is 0.490 e. The lowest BCUT2D eigenvalue weighted by atomic mass is 9.97. The van der Waals surface area contributed by atoms with Crippen molar-refractivity contribution in [2.75, 3.05) is 13.2 Å². The van der Waals surface area contributed by atoms with E-state index in [9.17, 15) is 14.9 Å². The van der Waals surface area contributed by atoms with Crippen molar-refractivity contribution in [2.45, 2.75) is 65.7 Å². The van der Waals surface area contributed by atoms with Crippen molar-refractivity contribution < 1.29 is 9.53 Å². The highest BCUT2D eigenvalue weighted by Crippen LogP contribution is 2.24. The Morgan fingerprint density at radius 1 is 1.02 bits per heavy atom. The molecule has 0 atom stereocenters. The number of carbonyl (C=O) groups excluding carboxylic acids is 1. The molecule has 2 aromatic carbocycles. The highest BCUT2D eigenvalue weighted by Gasteiger charge is 2.18. The lowest BCUT2D eigenvalue weighted by molar-refractivity contribution is -0.121.